The van der Waals surface area contributed by atoms with Crippen LogP contribution in [0.4, 0.5) is 11.4 Å². The first kappa shape index (κ1) is 19.5. The number of nitrogens with one attached hydrogen (secondary N) is 1. The summed E-state index contributed by atoms with van der Waals surface area (Å²) in [6.45, 7) is -0.527. The minimum Gasteiger partial charge on any atom is -0.455 e. The number of nitrogens with zero attached hydrogens (tertiary/aromatic N) is 2. The highest BCUT2D eigenvalue weighted by Gasteiger charge is 2.41. The number of hydrogen-bond acceptors (Lipinski definition) is 7. The van der Waals surface area contributed by atoms with Gasteiger partial charge in [0.2, 0.25) is 0 Å². The number of carbonyl (C=O) groups excluding carboxylic acids is 3. The largest absolute Gasteiger partial charge is 0.455 e. The van der Waals surface area contributed by atoms with Crippen molar-refractivity contribution in [2.75, 3.05) is 11.9 Å². The maximum absolute atomic E-state index is 12.3. The van der Waals surface area contributed by atoms with Gasteiger partial charge in [-0.25, -0.2) is 0 Å². The number of ketones is 1. The Hall–Kier alpha value is -3.28. The molecule has 0 saturated heterocycles. The number of rotatable bonds is 5. The molecule has 1 unspecified atom stereocenters. The van der Waals surface area contributed by atoms with E-state index in [0.29, 0.717) is 12.8 Å². The van der Waals surface area contributed by atoms with Crippen molar-refractivity contribution in [1.82, 2.24) is 0 Å². The number of non-ortho nitro benzene ring substituents is 1. The fourth-order valence-corrected chi connectivity index (χ4v) is 3.96. The molecule has 2 saturated carbocycles. The maximum atomic E-state index is 12.3. The van der Waals surface area contributed by atoms with Gasteiger partial charge in [0.05, 0.1) is 22.1 Å². The smallest absolute Gasteiger partial charge is 0.309 e. The monoisotopic (exact) mass is 385 g/mol. The molecule has 2 aliphatic carbocycles. The second-order valence-corrected chi connectivity index (χ2v) is 7.15. The number of anilines is 1. The van der Waals surface area contributed by atoms with E-state index in [1.54, 1.807) is 6.07 Å². The molecule has 0 aliphatic heterocycles. The minimum atomic E-state index is -0.647. The molecular formula is C19H19N3O6. The Morgan fingerprint density at radius 3 is 2.57 bits per heavy atom. The highest BCUT2D eigenvalue weighted by atomic mass is 16.6. The molecule has 0 heterocycles. The summed E-state index contributed by atoms with van der Waals surface area (Å²) < 4.78 is 5.10. The zero-order valence-electron chi connectivity index (χ0n) is 15.1. The summed E-state index contributed by atoms with van der Waals surface area (Å²) in [5, 5.41) is 22.3. The number of hydrogen-bond donors (Lipinski definition) is 1. The number of fused-ring (bicyclic) bond motifs is 2. The Morgan fingerprint density at radius 1 is 1.29 bits per heavy atom. The van der Waals surface area contributed by atoms with E-state index in [1.165, 1.54) is 12.1 Å². The number of nitro benzene ring substituents is 1. The van der Waals surface area contributed by atoms with Crippen LogP contribution in [-0.2, 0) is 19.1 Å². The fraction of sp³-hybridized carbons (Fsp3) is 0.474. The lowest BCUT2D eigenvalue weighted by Gasteiger charge is -2.36. The van der Waals surface area contributed by atoms with Crippen molar-refractivity contribution >= 4 is 29.0 Å². The lowest BCUT2D eigenvalue weighted by Crippen LogP contribution is -2.40. The number of nitriles is 1. The molecule has 0 radical (unpaired) electrons. The second kappa shape index (κ2) is 8.17. The van der Waals surface area contributed by atoms with E-state index >= 15 is 0 Å². The summed E-state index contributed by atoms with van der Waals surface area (Å²) >= 11 is 0. The zero-order chi connectivity index (χ0) is 20.3. The van der Waals surface area contributed by atoms with Crippen LogP contribution in [0.1, 0.15) is 37.7 Å². The van der Waals surface area contributed by atoms with Gasteiger partial charge in [-0.2, -0.15) is 5.26 Å². The third kappa shape index (κ3) is 4.17. The SMILES string of the molecule is N#Cc1cc([N+](=O)[O-])ccc1NC(=O)COC(=O)C1C[C@H]2CCC[C@@H](C1)C2=O. The van der Waals surface area contributed by atoms with Gasteiger partial charge in [0.15, 0.2) is 6.61 Å². The van der Waals surface area contributed by atoms with Gasteiger partial charge < -0.3 is 10.1 Å². The van der Waals surface area contributed by atoms with E-state index in [1.807, 2.05) is 0 Å². The van der Waals surface area contributed by atoms with Crippen LogP contribution in [0.15, 0.2) is 18.2 Å². The number of benzene rings is 1. The van der Waals surface area contributed by atoms with Gasteiger partial charge >= 0.3 is 5.97 Å². The number of nitro groups is 1. The molecule has 1 amide bonds. The van der Waals surface area contributed by atoms with Crippen LogP contribution in [0.25, 0.3) is 0 Å². The molecule has 0 aromatic heterocycles. The van der Waals surface area contributed by atoms with Gasteiger partial charge in [0, 0.05) is 24.0 Å². The van der Waals surface area contributed by atoms with E-state index in [0.717, 1.165) is 25.3 Å². The van der Waals surface area contributed by atoms with Crippen molar-refractivity contribution in [2.45, 2.75) is 32.1 Å². The molecule has 1 aromatic carbocycles. The Bertz CT molecular complexity index is 859. The molecule has 2 aliphatic rings. The molecule has 0 spiro atoms. The predicted molar refractivity (Wildman–Crippen MR) is 96.0 cm³/mol. The lowest BCUT2D eigenvalue weighted by atomic mass is 9.67. The Morgan fingerprint density at radius 2 is 1.96 bits per heavy atom. The van der Waals surface area contributed by atoms with Crippen LogP contribution in [-0.4, -0.2) is 29.2 Å². The van der Waals surface area contributed by atoms with Crippen LogP contribution < -0.4 is 5.32 Å². The Kier molecular flexibility index (Phi) is 5.68. The van der Waals surface area contributed by atoms with Gasteiger partial charge in [0.25, 0.3) is 11.6 Å². The normalized spacial score (nSPS) is 23.4. The standard InChI is InChI=1S/C19H19N3O6/c20-9-14-8-15(22(26)27)4-5-16(14)21-17(23)10-28-19(25)13-6-11-2-1-3-12(7-13)18(11)24/h4-5,8,11-13H,1-3,6-7,10H2,(H,21,23)/t11-,12+,13?. The quantitative estimate of drug-likeness (QED) is 0.466. The number of amides is 1. The average molecular weight is 385 g/mol. The summed E-state index contributed by atoms with van der Waals surface area (Å²) in [4.78, 5) is 46.5. The lowest BCUT2D eigenvalue weighted by molar-refractivity contribution is -0.384. The van der Waals surface area contributed by atoms with Crippen molar-refractivity contribution < 1.29 is 24.0 Å². The molecule has 3 rings (SSSR count). The van der Waals surface area contributed by atoms with Crippen molar-refractivity contribution in [3.63, 3.8) is 0 Å². The molecule has 28 heavy (non-hydrogen) atoms. The number of Topliss-reactive ketones (excluding diaryl/α,β-unsaturated/α-hetero) is 1. The van der Waals surface area contributed by atoms with Crippen molar-refractivity contribution in [3.05, 3.63) is 33.9 Å². The third-order valence-electron chi connectivity index (χ3n) is 5.34. The molecule has 146 valence electrons. The fourth-order valence-electron chi connectivity index (χ4n) is 3.96. The molecule has 2 fully saturated rings. The van der Waals surface area contributed by atoms with Crippen LogP contribution in [0.3, 0.4) is 0 Å². The van der Waals surface area contributed by atoms with E-state index in [4.69, 9.17) is 10.00 Å². The van der Waals surface area contributed by atoms with Crippen LogP contribution in [0, 0.1) is 39.2 Å². The molecule has 9 nitrogen and oxygen atoms in total. The molecular weight excluding hydrogens is 366 g/mol. The summed E-state index contributed by atoms with van der Waals surface area (Å²) in [5.74, 6) is -1.45. The molecule has 1 N–H and O–H groups in total. The number of carbonyl (C=O) groups is 3. The first-order chi connectivity index (χ1) is 13.4. The van der Waals surface area contributed by atoms with E-state index in [9.17, 15) is 24.5 Å². The number of ether oxygens (including phenoxy) is 1. The van der Waals surface area contributed by atoms with E-state index in [2.05, 4.69) is 5.32 Å². The van der Waals surface area contributed by atoms with Gasteiger partial charge in [0.1, 0.15) is 11.9 Å². The molecule has 1 aromatic rings. The summed E-state index contributed by atoms with van der Waals surface area (Å²) in [6.07, 6.45) is 3.54. The molecule has 9 heteroatoms. The van der Waals surface area contributed by atoms with Gasteiger partial charge in [-0.3, -0.25) is 24.5 Å². The molecule has 2 bridgehead atoms. The van der Waals surface area contributed by atoms with Crippen molar-refractivity contribution in [3.8, 4) is 6.07 Å². The summed E-state index contributed by atoms with van der Waals surface area (Å²) in [7, 11) is 0. The third-order valence-corrected chi connectivity index (χ3v) is 5.34. The van der Waals surface area contributed by atoms with Crippen LogP contribution in [0.2, 0.25) is 0 Å². The Balaban J connectivity index is 1.55. The van der Waals surface area contributed by atoms with Gasteiger partial charge in [-0.05, 0) is 31.7 Å². The van der Waals surface area contributed by atoms with Crippen LogP contribution in [0.5, 0.6) is 0 Å². The molecule has 3 atom stereocenters. The van der Waals surface area contributed by atoms with E-state index < -0.39 is 23.4 Å². The van der Waals surface area contributed by atoms with Gasteiger partial charge in [-0.15, -0.1) is 0 Å². The summed E-state index contributed by atoms with van der Waals surface area (Å²) in [5.41, 5.74) is -0.224. The first-order valence-corrected chi connectivity index (χ1v) is 9.07. The summed E-state index contributed by atoms with van der Waals surface area (Å²) in [6, 6.07) is 5.26. The van der Waals surface area contributed by atoms with E-state index in [-0.39, 0.29) is 40.5 Å². The van der Waals surface area contributed by atoms with Crippen LogP contribution >= 0.6 is 0 Å². The zero-order valence-corrected chi connectivity index (χ0v) is 15.1. The minimum absolute atomic E-state index is 0.0625. The second-order valence-electron chi connectivity index (χ2n) is 7.15. The van der Waals surface area contributed by atoms with Crippen molar-refractivity contribution in [1.29, 1.82) is 5.26 Å². The highest BCUT2D eigenvalue weighted by molar-refractivity contribution is 5.94. The topological polar surface area (TPSA) is 139 Å². The first-order valence-electron chi connectivity index (χ1n) is 9.07. The Labute approximate surface area is 160 Å². The maximum Gasteiger partial charge on any atom is 0.309 e. The predicted octanol–water partition coefficient (Wildman–Crippen LogP) is 2.34. The van der Waals surface area contributed by atoms with Crippen molar-refractivity contribution in [2.24, 2.45) is 17.8 Å². The number of esters is 1. The average Bonchev–Trinajstić information content (AvgIpc) is 2.66. The highest BCUT2D eigenvalue weighted by Crippen LogP contribution is 2.40. The van der Waals surface area contributed by atoms with Gasteiger partial charge in [-0.1, -0.05) is 6.42 Å².